The number of amides is 1. The number of nitrogens with one attached hydrogen (secondary N) is 1. The molecule has 1 aliphatic carbocycles. The number of halogens is 1. The van der Waals surface area contributed by atoms with E-state index in [0.717, 1.165) is 36.3 Å². The van der Waals surface area contributed by atoms with Gasteiger partial charge in [-0.15, -0.1) is 0 Å². The molecule has 0 unspecified atom stereocenters. The number of aryl methyl sites for hydroxylation is 1. The largest absolute Gasteiger partial charge is 0.398 e. The Morgan fingerprint density at radius 2 is 1.57 bits per heavy atom. The first-order valence-electron chi connectivity index (χ1n) is 10.3. The van der Waals surface area contributed by atoms with E-state index >= 15 is 0 Å². The summed E-state index contributed by atoms with van der Waals surface area (Å²) in [6.07, 6.45) is 11.3. The molecule has 1 aromatic carbocycles. The zero-order chi connectivity index (χ0) is 27.2. The molecule has 192 valence electrons. The van der Waals surface area contributed by atoms with Crippen molar-refractivity contribution in [3.05, 3.63) is 78.4 Å². The van der Waals surface area contributed by atoms with Gasteiger partial charge in [0.25, 0.3) is 11.4 Å². The smallest absolute Gasteiger partial charge is 0.300 e. The molecule has 1 aromatic rings. The highest BCUT2D eigenvalue weighted by Gasteiger charge is 2.14. The molecule has 0 bridgehead atoms. The summed E-state index contributed by atoms with van der Waals surface area (Å²) in [5.74, 6) is 0.683. The first-order chi connectivity index (χ1) is 16.5. The van der Waals surface area contributed by atoms with Gasteiger partial charge in [0, 0.05) is 23.2 Å². The molecule has 0 aromatic heterocycles. The summed E-state index contributed by atoms with van der Waals surface area (Å²) in [5, 5.41) is 23.2. The number of carbonyl (C=O) groups excluding carboxylic acids is 3. The number of benzene rings is 1. The second kappa shape index (κ2) is 20.9. The maximum absolute atomic E-state index is 10.3. The van der Waals surface area contributed by atoms with Crippen LogP contribution in [0.25, 0.3) is 0 Å². The van der Waals surface area contributed by atoms with Crippen LogP contribution in [0.2, 0.25) is 0 Å². The molecule has 0 saturated heterocycles. The summed E-state index contributed by atoms with van der Waals surface area (Å²) in [4.78, 5) is 46.9. The Bertz CT molecular complexity index is 889. The quantitative estimate of drug-likeness (QED) is 0.153. The van der Waals surface area contributed by atoms with Gasteiger partial charge in [-0.25, -0.2) is 0 Å². The van der Waals surface area contributed by atoms with Gasteiger partial charge in [0.15, 0.2) is 0 Å². The van der Waals surface area contributed by atoms with Crippen molar-refractivity contribution >= 4 is 46.7 Å². The van der Waals surface area contributed by atoms with Crippen LogP contribution in [0.5, 0.6) is 0 Å². The van der Waals surface area contributed by atoms with Crippen LogP contribution in [-0.4, -0.2) is 35.7 Å². The van der Waals surface area contributed by atoms with E-state index in [4.69, 9.17) is 9.59 Å². The highest BCUT2D eigenvalue weighted by Crippen LogP contribution is 2.21. The van der Waals surface area contributed by atoms with Gasteiger partial charge in [-0.05, 0) is 44.2 Å². The lowest BCUT2D eigenvalue weighted by molar-refractivity contribution is -0.394. The van der Waals surface area contributed by atoms with E-state index in [1.807, 2.05) is 0 Å². The van der Waals surface area contributed by atoms with Crippen molar-refractivity contribution in [3.63, 3.8) is 0 Å². The SMILES string of the molecule is CC(C)CCNC=O.CC1=CC=C(Br)C=CC1.Cc1cc([N+](=O)[O-])cc([N+](=O)[O-])c1.O=COC=O. The molecule has 0 aliphatic heterocycles. The highest BCUT2D eigenvalue weighted by atomic mass is 79.9. The number of ether oxygens (including phenoxy) is 1. The van der Waals surface area contributed by atoms with E-state index in [0.29, 0.717) is 11.5 Å². The lowest BCUT2D eigenvalue weighted by atomic mass is 10.1. The molecule has 1 amide bonds. The Morgan fingerprint density at radius 3 is 1.97 bits per heavy atom. The molecular weight excluding hydrogens is 526 g/mol. The summed E-state index contributed by atoms with van der Waals surface area (Å²) in [5.41, 5.74) is 1.39. The molecule has 0 radical (unpaired) electrons. The minimum absolute atomic E-state index is 0.0625. The maximum Gasteiger partial charge on any atom is 0.300 e. The van der Waals surface area contributed by atoms with Gasteiger partial charge < -0.3 is 10.1 Å². The fourth-order valence-corrected chi connectivity index (χ4v) is 2.43. The molecular formula is C23H30BrN3O8. The van der Waals surface area contributed by atoms with Crippen LogP contribution in [-0.2, 0) is 19.1 Å². The van der Waals surface area contributed by atoms with Crippen LogP contribution in [0.3, 0.4) is 0 Å². The molecule has 1 aliphatic rings. The number of nitro groups is 2. The average Bonchev–Trinajstić information content (AvgIpc) is 2.98. The Morgan fingerprint density at radius 1 is 1.03 bits per heavy atom. The fourth-order valence-electron chi connectivity index (χ4n) is 2.11. The Balaban J connectivity index is 0. The first-order valence-corrected chi connectivity index (χ1v) is 11.1. The van der Waals surface area contributed by atoms with Crippen LogP contribution >= 0.6 is 15.9 Å². The summed E-state index contributed by atoms with van der Waals surface area (Å²) in [6, 6.07) is 3.51. The second-order valence-electron chi connectivity index (χ2n) is 7.30. The summed E-state index contributed by atoms with van der Waals surface area (Å²) >= 11 is 3.40. The van der Waals surface area contributed by atoms with Gasteiger partial charge in [-0.1, -0.05) is 53.6 Å². The van der Waals surface area contributed by atoms with E-state index in [1.54, 1.807) is 6.92 Å². The van der Waals surface area contributed by atoms with Gasteiger partial charge in [-0.2, -0.15) is 0 Å². The van der Waals surface area contributed by atoms with Crippen LogP contribution in [0.15, 0.2) is 52.6 Å². The summed E-state index contributed by atoms with van der Waals surface area (Å²) in [7, 11) is 0. The molecule has 0 spiro atoms. The number of nitro benzene ring substituents is 2. The number of allylic oxidation sites excluding steroid dienone is 6. The predicted molar refractivity (Wildman–Crippen MR) is 136 cm³/mol. The van der Waals surface area contributed by atoms with E-state index < -0.39 is 9.85 Å². The van der Waals surface area contributed by atoms with E-state index in [2.05, 4.69) is 71.1 Å². The predicted octanol–water partition coefficient (Wildman–Crippen LogP) is 5.08. The third kappa shape index (κ3) is 20.7. The minimum Gasteiger partial charge on any atom is -0.398 e. The van der Waals surface area contributed by atoms with E-state index in [9.17, 15) is 25.0 Å². The topological polar surface area (TPSA) is 159 Å². The maximum atomic E-state index is 10.3. The first kappa shape index (κ1) is 33.5. The fraction of sp³-hybridized carbons (Fsp3) is 0.348. The van der Waals surface area contributed by atoms with Crippen molar-refractivity contribution in [2.45, 2.75) is 40.5 Å². The molecule has 1 N–H and O–H groups in total. The number of non-ortho nitro benzene ring substituents is 2. The van der Waals surface area contributed by atoms with Crippen molar-refractivity contribution in [2.75, 3.05) is 6.54 Å². The van der Waals surface area contributed by atoms with Crippen molar-refractivity contribution in [1.29, 1.82) is 0 Å². The third-order valence-corrected chi connectivity index (χ3v) is 4.30. The molecule has 2 rings (SSSR count). The lowest BCUT2D eigenvalue weighted by Crippen LogP contribution is -2.13. The standard InChI is InChI=1S/C8H9Br.C7H6N2O4.C6H13NO.C2H2O3/c1-7-3-2-4-8(9)6-5-7;1-5-2-6(8(10)11)4-7(3-5)9(12)13;1-6(2)3-4-7-5-8;3-1-5-2-4/h2,4-6H,3H2,1H3;2-4H,1H3;5-6H,3-4H2,1-2H3,(H,7,8);1-2H. The molecule has 11 nitrogen and oxygen atoms in total. The minimum atomic E-state index is -0.653. The van der Waals surface area contributed by atoms with Crippen LogP contribution in [0, 0.1) is 33.1 Å². The third-order valence-electron chi connectivity index (χ3n) is 3.77. The van der Waals surface area contributed by atoms with Crippen LogP contribution in [0.1, 0.15) is 39.2 Å². The van der Waals surface area contributed by atoms with Gasteiger partial charge in [-0.3, -0.25) is 34.6 Å². The number of nitrogens with zero attached hydrogens (tertiary/aromatic N) is 2. The van der Waals surface area contributed by atoms with E-state index in [-0.39, 0.29) is 24.3 Å². The zero-order valence-electron chi connectivity index (χ0n) is 20.0. The molecule has 0 saturated carbocycles. The summed E-state index contributed by atoms with van der Waals surface area (Å²) < 4.78 is 4.62. The normalized spacial score (nSPS) is 11.3. The number of rotatable bonds is 8. The van der Waals surface area contributed by atoms with Gasteiger partial charge in [0.05, 0.1) is 15.9 Å². The number of hydrogen-bond donors (Lipinski definition) is 1. The van der Waals surface area contributed by atoms with Crippen molar-refractivity contribution in [3.8, 4) is 0 Å². The van der Waals surface area contributed by atoms with Gasteiger partial charge in [0.1, 0.15) is 0 Å². The van der Waals surface area contributed by atoms with Crippen molar-refractivity contribution < 1.29 is 29.0 Å². The number of carbonyl (C=O) groups is 3. The van der Waals surface area contributed by atoms with Crippen LogP contribution in [0.4, 0.5) is 11.4 Å². The Hall–Kier alpha value is -3.67. The molecule has 0 fully saturated rings. The molecule has 35 heavy (non-hydrogen) atoms. The van der Waals surface area contributed by atoms with E-state index in [1.165, 1.54) is 17.7 Å². The zero-order valence-corrected chi connectivity index (χ0v) is 21.6. The lowest BCUT2D eigenvalue weighted by Gasteiger charge is -2.00. The summed E-state index contributed by atoms with van der Waals surface area (Å²) in [6.45, 7) is 8.90. The van der Waals surface area contributed by atoms with Crippen molar-refractivity contribution in [2.24, 2.45) is 5.92 Å². The molecule has 0 atom stereocenters. The second-order valence-corrected chi connectivity index (χ2v) is 8.21. The Kier molecular flexibility index (Phi) is 20.0. The molecule has 0 heterocycles. The molecule has 12 heteroatoms. The van der Waals surface area contributed by atoms with Gasteiger partial charge in [0.2, 0.25) is 6.41 Å². The average molecular weight is 556 g/mol. The highest BCUT2D eigenvalue weighted by molar-refractivity contribution is 9.11. The number of hydrogen-bond acceptors (Lipinski definition) is 8. The van der Waals surface area contributed by atoms with Crippen molar-refractivity contribution in [1.82, 2.24) is 5.32 Å². The Labute approximate surface area is 212 Å². The van der Waals surface area contributed by atoms with Crippen LogP contribution < -0.4 is 5.32 Å². The van der Waals surface area contributed by atoms with Gasteiger partial charge >= 0.3 is 12.9 Å². The monoisotopic (exact) mass is 555 g/mol.